The highest BCUT2D eigenvalue weighted by Crippen LogP contribution is 2.40. The van der Waals surface area contributed by atoms with Gasteiger partial charge >= 0.3 is 0 Å². The topological polar surface area (TPSA) is 52.3 Å². The maximum Gasteiger partial charge on any atom is 0.135 e. The SMILES string of the molecule is CC(=O)C(C)(C)CC(C)(C)CC(C)(C)OCCC(C)(C)N. The van der Waals surface area contributed by atoms with Crippen molar-refractivity contribution in [1.29, 1.82) is 0 Å². The average Bonchev–Trinajstić information content (AvgIpc) is 2.09. The second kappa shape index (κ2) is 6.78. The number of rotatable bonds is 9. The van der Waals surface area contributed by atoms with Crippen molar-refractivity contribution in [3.63, 3.8) is 0 Å². The van der Waals surface area contributed by atoms with Crippen LogP contribution in [0.4, 0.5) is 0 Å². The molecule has 0 atom stereocenters. The summed E-state index contributed by atoms with van der Waals surface area (Å²) in [6, 6.07) is 0. The van der Waals surface area contributed by atoms with Crippen LogP contribution in [0, 0.1) is 10.8 Å². The van der Waals surface area contributed by atoms with Gasteiger partial charge in [-0.25, -0.2) is 0 Å². The van der Waals surface area contributed by atoms with E-state index in [0.717, 1.165) is 19.3 Å². The minimum Gasteiger partial charge on any atom is -0.375 e. The molecule has 0 heterocycles. The maximum absolute atomic E-state index is 11.7. The Morgan fingerprint density at radius 3 is 1.81 bits per heavy atom. The summed E-state index contributed by atoms with van der Waals surface area (Å²) in [5.74, 6) is 0.249. The average molecular weight is 299 g/mol. The van der Waals surface area contributed by atoms with Crippen molar-refractivity contribution < 1.29 is 9.53 Å². The molecule has 0 saturated heterocycles. The third-order valence-electron chi connectivity index (χ3n) is 4.02. The fourth-order valence-electron chi connectivity index (χ4n) is 3.18. The van der Waals surface area contributed by atoms with E-state index in [2.05, 4.69) is 27.7 Å². The minimum atomic E-state index is -0.279. The number of hydrogen-bond acceptors (Lipinski definition) is 3. The molecule has 2 N–H and O–H groups in total. The van der Waals surface area contributed by atoms with Crippen LogP contribution in [-0.2, 0) is 9.53 Å². The van der Waals surface area contributed by atoms with Gasteiger partial charge in [-0.2, -0.15) is 0 Å². The van der Waals surface area contributed by atoms with Crippen LogP contribution in [0.25, 0.3) is 0 Å². The third-order valence-corrected chi connectivity index (χ3v) is 4.02. The second-order valence-corrected chi connectivity index (χ2v) is 9.30. The van der Waals surface area contributed by atoms with Crippen molar-refractivity contribution in [2.45, 2.75) is 92.7 Å². The van der Waals surface area contributed by atoms with Crippen LogP contribution in [-0.4, -0.2) is 23.5 Å². The van der Waals surface area contributed by atoms with E-state index in [1.807, 2.05) is 27.7 Å². The molecule has 0 radical (unpaired) electrons. The van der Waals surface area contributed by atoms with Crippen molar-refractivity contribution >= 4 is 5.78 Å². The Bertz CT molecular complexity index is 349. The first-order valence-corrected chi connectivity index (χ1v) is 8.00. The molecule has 0 aliphatic heterocycles. The minimum absolute atomic E-state index is 0.0525. The van der Waals surface area contributed by atoms with Crippen LogP contribution in [0.15, 0.2) is 0 Å². The number of ether oxygens (including phenoxy) is 1. The van der Waals surface area contributed by atoms with E-state index < -0.39 is 0 Å². The lowest BCUT2D eigenvalue weighted by molar-refractivity contribution is -0.127. The zero-order chi connectivity index (χ0) is 17.1. The van der Waals surface area contributed by atoms with E-state index in [9.17, 15) is 4.79 Å². The van der Waals surface area contributed by atoms with E-state index >= 15 is 0 Å². The van der Waals surface area contributed by atoms with Gasteiger partial charge in [-0.15, -0.1) is 0 Å². The number of ketones is 1. The Labute approximate surface area is 132 Å². The standard InChI is InChI=1S/C18H37NO2/c1-14(20)16(4,5)12-15(2,3)13-18(8,9)21-11-10-17(6,7)19/h10-13,19H2,1-9H3. The summed E-state index contributed by atoms with van der Waals surface area (Å²) in [5.41, 5.74) is 5.37. The molecule has 0 amide bonds. The quantitative estimate of drug-likeness (QED) is 0.689. The van der Waals surface area contributed by atoms with Crippen LogP contribution < -0.4 is 5.73 Å². The first-order valence-electron chi connectivity index (χ1n) is 8.00. The van der Waals surface area contributed by atoms with Crippen LogP contribution in [0.1, 0.15) is 81.6 Å². The van der Waals surface area contributed by atoms with Gasteiger partial charge in [0.2, 0.25) is 0 Å². The predicted octanol–water partition coefficient (Wildman–Crippen LogP) is 4.33. The number of Topliss-reactive ketones (excluding diaryl/α,β-unsaturated/α-hetero) is 1. The van der Waals surface area contributed by atoms with Gasteiger partial charge in [0, 0.05) is 17.6 Å². The molecule has 0 aromatic rings. The van der Waals surface area contributed by atoms with Gasteiger partial charge in [-0.05, 0) is 59.3 Å². The first kappa shape index (κ1) is 20.6. The van der Waals surface area contributed by atoms with E-state index in [4.69, 9.17) is 10.5 Å². The molecule has 126 valence electrons. The summed E-state index contributed by atoms with van der Waals surface area (Å²) in [5, 5.41) is 0. The Balaban J connectivity index is 4.58. The molecule has 0 aromatic carbocycles. The molecule has 0 saturated carbocycles. The fraction of sp³-hybridized carbons (Fsp3) is 0.944. The highest BCUT2D eigenvalue weighted by Gasteiger charge is 2.36. The summed E-state index contributed by atoms with van der Waals surface area (Å²) in [6.07, 6.45) is 2.63. The molecule has 0 spiro atoms. The van der Waals surface area contributed by atoms with Crippen molar-refractivity contribution in [2.75, 3.05) is 6.61 Å². The second-order valence-electron chi connectivity index (χ2n) is 9.30. The molecular formula is C18H37NO2. The third kappa shape index (κ3) is 9.26. The summed E-state index contributed by atoms with van der Waals surface area (Å²) in [4.78, 5) is 11.7. The zero-order valence-corrected chi connectivity index (χ0v) is 15.7. The highest BCUT2D eigenvalue weighted by atomic mass is 16.5. The van der Waals surface area contributed by atoms with E-state index in [1.165, 1.54) is 0 Å². The molecule has 0 fully saturated rings. The Morgan fingerprint density at radius 2 is 1.43 bits per heavy atom. The lowest BCUT2D eigenvalue weighted by atomic mass is 9.69. The first-order chi connectivity index (χ1) is 9.06. The highest BCUT2D eigenvalue weighted by molar-refractivity contribution is 5.81. The molecule has 0 aliphatic rings. The maximum atomic E-state index is 11.7. The van der Waals surface area contributed by atoms with Crippen molar-refractivity contribution in [2.24, 2.45) is 16.6 Å². The Morgan fingerprint density at radius 1 is 0.952 bits per heavy atom. The summed E-state index contributed by atoms with van der Waals surface area (Å²) >= 11 is 0. The van der Waals surface area contributed by atoms with Crippen molar-refractivity contribution in [1.82, 2.24) is 0 Å². The number of carbonyl (C=O) groups is 1. The van der Waals surface area contributed by atoms with Crippen LogP contribution in [0.3, 0.4) is 0 Å². The molecule has 3 heteroatoms. The Hall–Kier alpha value is -0.410. The van der Waals surface area contributed by atoms with Crippen LogP contribution in [0.2, 0.25) is 0 Å². The summed E-state index contributed by atoms with van der Waals surface area (Å²) < 4.78 is 6.05. The predicted molar refractivity (Wildman–Crippen MR) is 90.4 cm³/mol. The van der Waals surface area contributed by atoms with Gasteiger partial charge in [0.25, 0.3) is 0 Å². The van der Waals surface area contributed by atoms with Gasteiger partial charge < -0.3 is 10.5 Å². The van der Waals surface area contributed by atoms with Gasteiger partial charge in [-0.3, -0.25) is 4.79 Å². The molecule has 0 aliphatic carbocycles. The molecule has 0 unspecified atom stereocenters. The van der Waals surface area contributed by atoms with Gasteiger partial charge in [-0.1, -0.05) is 27.7 Å². The molecular weight excluding hydrogens is 262 g/mol. The zero-order valence-electron chi connectivity index (χ0n) is 15.7. The van der Waals surface area contributed by atoms with E-state index in [0.29, 0.717) is 6.61 Å². The van der Waals surface area contributed by atoms with Gasteiger partial charge in [0.05, 0.1) is 5.60 Å². The van der Waals surface area contributed by atoms with Crippen molar-refractivity contribution in [3.05, 3.63) is 0 Å². The normalized spacial score (nSPS) is 14.4. The molecule has 21 heavy (non-hydrogen) atoms. The van der Waals surface area contributed by atoms with E-state index in [-0.39, 0.29) is 27.8 Å². The largest absolute Gasteiger partial charge is 0.375 e. The van der Waals surface area contributed by atoms with Crippen LogP contribution >= 0.6 is 0 Å². The van der Waals surface area contributed by atoms with Gasteiger partial charge in [0.15, 0.2) is 0 Å². The monoisotopic (exact) mass is 299 g/mol. The van der Waals surface area contributed by atoms with Crippen molar-refractivity contribution in [3.8, 4) is 0 Å². The smallest absolute Gasteiger partial charge is 0.135 e. The molecule has 0 bridgehead atoms. The molecule has 3 nitrogen and oxygen atoms in total. The number of carbonyl (C=O) groups excluding carboxylic acids is 1. The Kier molecular flexibility index (Phi) is 6.65. The van der Waals surface area contributed by atoms with E-state index in [1.54, 1.807) is 6.92 Å². The summed E-state index contributed by atoms with van der Waals surface area (Å²) in [7, 11) is 0. The lowest BCUT2D eigenvalue weighted by Gasteiger charge is -2.39. The summed E-state index contributed by atoms with van der Waals surface area (Å²) in [6.45, 7) is 19.1. The fourth-order valence-corrected chi connectivity index (χ4v) is 3.18. The molecule has 0 aromatic heterocycles. The van der Waals surface area contributed by atoms with Crippen LogP contribution in [0.5, 0.6) is 0 Å². The lowest BCUT2D eigenvalue weighted by Crippen LogP contribution is -2.38. The molecule has 0 rings (SSSR count). The number of nitrogens with two attached hydrogens (primary N) is 1. The van der Waals surface area contributed by atoms with Gasteiger partial charge in [0.1, 0.15) is 5.78 Å². The number of hydrogen-bond donors (Lipinski definition) is 1.